The molecule has 0 atom stereocenters. The van der Waals surface area contributed by atoms with Gasteiger partial charge in [0.15, 0.2) is 0 Å². The van der Waals surface area contributed by atoms with Gasteiger partial charge in [-0.1, -0.05) is 30.3 Å². The van der Waals surface area contributed by atoms with Gasteiger partial charge in [-0.3, -0.25) is 4.99 Å². The van der Waals surface area contributed by atoms with E-state index in [2.05, 4.69) is 59.4 Å². The summed E-state index contributed by atoms with van der Waals surface area (Å²) in [5.41, 5.74) is 1.11. The first-order chi connectivity index (χ1) is 10.3. The van der Waals surface area contributed by atoms with E-state index in [4.69, 9.17) is 4.74 Å². The monoisotopic (exact) mass is 280 g/mol. The summed E-state index contributed by atoms with van der Waals surface area (Å²) in [5, 5.41) is 2.42. The number of likely N-dealkylation sites (N-methyl/N-ethyl adjacent to an activating group) is 1. The van der Waals surface area contributed by atoms with E-state index in [-0.39, 0.29) is 0 Å². The van der Waals surface area contributed by atoms with Gasteiger partial charge < -0.3 is 9.64 Å². The van der Waals surface area contributed by atoms with Crippen LogP contribution < -0.4 is 4.74 Å². The smallest absolute Gasteiger partial charge is 0.126 e. The third-order valence-corrected chi connectivity index (χ3v) is 3.87. The fraction of sp³-hybridized carbons (Fsp3) is 0.278. The molecule has 3 rings (SSSR count). The highest BCUT2D eigenvalue weighted by atomic mass is 16.5. The lowest BCUT2D eigenvalue weighted by atomic mass is 10.0. The SMILES string of the molecule is COc1ccc2ccccc2c1/C=C/C1=NCCCN1C. The predicted molar refractivity (Wildman–Crippen MR) is 89.1 cm³/mol. The number of fused-ring (bicyclic) bond motifs is 1. The normalized spacial score (nSPS) is 15.5. The van der Waals surface area contributed by atoms with Crippen LogP contribution in [0.15, 0.2) is 47.5 Å². The van der Waals surface area contributed by atoms with E-state index < -0.39 is 0 Å². The number of ether oxygens (including phenoxy) is 1. The van der Waals surface area contributed by atoms with Crippen LogP contribution in [0.3, 0.4) is 0 Å². The molecule has 0 fully saturated rings. The molecule has 0 unspecified atom stereocenters. The van der Waals surface area contributed by atoms with Crippen molar-refractivity contribution in [2.24, 2.45) is 4.99 Å². The van der Waals surface area contributed by atoms with Crippen LogP contribution in [-0.4, -0.2) is 38.0 Å². The molecule has 0 saturated carbocycles. The largest absolute Gasteiger partial charge is 0.496 e. The summed E-state index contributed by atoms with van der Waals surface area (Å²) in [6.07, 6.45) is 5.33. The average molecular weight is 280 g/mol. The second-order valence-corrected chi connectivity index (χ2v) is 5.25. The molecule has 1 aliphatic rings. The molecular weight excluding hydrogens is 260 g/mol. The number of hydrogen-bond donors (Lipinski definition) is 0. The van der Waals surface area contributed by atoms with Crippen LogP contribution in [0.1, 0.15) is 12.0 Å². The van der Waals surface area contributed by atoms with Gasteiger partial charge in [0, 0.05) is 25.7 Å². The van der Waals surface area contributed by atoms with E-state index in [0.29, 0.717) is 0 Å². The highest BCUT2D eigenvalue weighted by Gasteiger charge is 2.09. The third-order valence-electron chi connectivity index (χ3n) is 3.87. The minimum Gasteiger partial charge on any atom is -0.496 e. The van der Waals surface area contributed by atoms with Crippen molar-refractivity contribution in [3.63, 3.8) is 0 Å². The molecule has 0 amide bonds. The first-order valence-electron chi connectivity index (χ1n) is 7.29. The highest BCUT2D eigenvalue weighted by molar-refractivity contribution is 6.00. The summed E-state index contributed by atoms with van der Waals surface area (Å²) in [4.78, 5) is 6.77. The zero-order valence-corrected chi connectivity index (χ0v) is 12.5. The van der Waals surface area contributed by atoms with Crippen LogP contribution in [0, 0.1) is 0 Å². The molecule has 1 heterocycles. The Morgan fingerprint density at radius 2 is 2.00 bits per heavy atom. The van der Waals surface area contributed by atoms with Crippen molar-refractivity contribution in [3.8, 4) is 5.75 Å². The summed E-state index contributed by atoms with van der Waals surface area (Å²) >= 11 is 0. The molecule has 108 valence electrons. The van der Waals surface area contributed by atoms with Crippen molar-refractivity contribution in [1.29, 1.82) is 0 Å². The standard InChI is InChI=1S/C18H20N2O/c1-20-13-5-12-19-18(20)11-9-16-15-7-4-3-6-14(15)8-10-17(16)21-2/h3-4,6-11H,5,12-13H2,1-2H3/b11-9+. The number of methoxy groups -OCH3 is 1. The van der Waals surface area contributed by atoms with Crippen molar-refractivity contribution >= 4 is 22.7 Å². The van der Waals surface area contributed by atoms with Crippen LogP contribution >= 0.6 is 0 Å². The second kappa shape index (κ2) is 6.00. The quantitative estimate of drug-likeness (QED) is 0.858. The van der Waals surface area contributed by atoms with E-state index in [9.17, 15) is 0 Å². The lowest BCUT2D eigenvalue weighted by Crippen LogP contribution is -2.30. The Hall–Kier alpha value is -2.29. The van der Waals surface area contributed by atoms with E-state index in [1.54, 1.807) is 7.11 Å². The van der Waals surface area contributed by atoms with Gasteiger partial charge in [-0.25, -0.2) is 0 Å². The van der Waals surface area contributed by atoms with E-state index >= 15 is 0 Å². The maximum Gasteiger partial charge on any atom is 0.126 e. The fourth-order valence-corrected chi connectivity index (χ4v) is 2.70. The molecule has 0 spiro atoms. The summed E-state index contributed by atoms with van der Waals surface area (Å²) < 4.78 is 5.52. The Balaban J connectivity index is 2.04. The van der Waals surface area contributed by atoms with Crippen molar-refractivity contribution in [1.82, 2.24) is 4.90 Å². The van der Waals surface area contributed by atoms with Gasteiger partial charge in [0.2, 0.25) is 0 Å². The molecule has 0 bridgehead atoms. The molecule has 2 aromatic rings. The Morgan fingerprint density at radius 1 is 1.14 bits per heavy atom. The Labute approximate surface area is 125 Å². The number of nitrogens with zero attached hydrogens (tertiary/aromatic N) is 2. The minimum absolute atomic E-state index is 0.893. The molecule has 1 aliphatic heterocycles. The molecular formula is C18H20N2O. The van der Waals surface area contributed by atoms with Gasteiger partial charge in [-0.2, -0.15) is 0 Å². The van der Waals surface area contributed by atoms with Crippen molar-refractivity contribution in [3.05, 3.63) is 48.0 Å². The predicted octanol–water partition coefficient (Wildman–Crippen LogP) is 3.60. The number of hydrogen-bond acceptors (Lipinski definition) is 3. The summed E-state index contributed by atoms with van der Waals surface area (Å²) in [5.74, 6) is 1.93. The van der Waals surface area contributed by atoms with Gasteiger partial charge in [-0.05, 0) is 35.4 Å². The van der Waals surface area contributed by atoms with Crippen molar-refractivity contribution in [2.75, 3.05) is 27.2 Å². The summed E-state index contributed by atoms with van der Waals surface area (Å²) in [7, 11) is 3.80. The minimum atomic E-state index is 0.893. The number of aliphatic imine (C=N–C) groups is 1. The van der Waals surface area contributed by atoms with Crippen LogP contribution in [0.25, 0.3) is 16.8 Å². The summed E-state index contributed by atoms with van der Waals surface area (Å²) in [6.45, 7) is 1.98. The highest BCUT2D eigenvalue weighted by Crippen LogP contribution is 2.29. The Kier molecular flexibility index (Phi) is 3.91. The van der Waals surface area contributed by atoms with Crippen LogP contribution in [0.5, 0.6) is 5.75 Å². The van der Waals surface area contributed by atoms with Crippen LogP contribution in [-0.2, 0) is 0 Å². The lowest BCUT2D eigenvalue weighted by Gasteiger charge is -2.22. The zero-order valence-electron chi connectivity index (χ0n) is 12.5. The number of amidine groups is 1. The third kappa shape index (κ3) is 2.77. The zero-order chi connectivity index (χ0) is 14.7. The van der Waals surface area contributed by atoms with E-state index in [1.165, 1.54) is 10.8 Å². The molecule has 0 aliphatic carbocycles. The molecule has 0 aromatic heterocycles. The van der Waals surface area contributed by atoms with Gasteiger partial charge in [0.25, 0.3) is 0 Å². The van der Waals surface area contributed by atoms with E-state index in [0.717, 1.165) is 36.7 Å². The first-order valence-corrected chi connectivity index (χ1v) is 7.29. The number of rotatable bonds is 3. The van der Waals surface area contributed by atoms with Crippen molar-refractivity contribution < 1.29 is 4.74 Å². The van der Waals surface area contributed by atoms with Gasteiger partial charge >= 0.3 is 0 Å². The Morgan fingerprint density at radius 3 is 2.81 bits per heavy atom. The molecule has 2 aromatic carbocycles. The van der Waals surface area contributed by atoms with Crippen LogP contribution in [0.2, 0.25) is 0 Å². The lowest BCUT2D eigenvalue weighted by molar-refractivity contribution is 0.414. The molecule has 0 saturated heterocycles. The van der Waals surface area contributed by atoms with Gasteiger partial charge in [0.05, 0.1) is 7.11 Å². The molecule has 3 heteroatoms. The molecule has 0 radical (unpaired) electrons. The molecule has 21 heavy (non-hydrogen) atoms. The van der Waals surface area contributed by atoms with E-state index in [1.807, 2.05) is 6.07 Å². The van der Waals surface area contributed by atoms with Gasteiger partial charge in [-0.15, -0.1) is 0 Å². The average Bonchev–Trinajstić information content (AvgIpc) is 2.53. The topological polar surface area (TPSA) is 24.8 Å². The maximum absolute atomic E-state index is 5.52. The fourth-order valence-electron chi connectivity index (χ4n) is 2.70. The number of benzene rings is 2. The van der Waals surface area contributed by atoms with Crippen molar-refractivity contribution in [2.45, 2.75) is 6.42 Å². The first kappa shape index (κ1) is 13.7. The molecule has 3 nitrogen and oxygen atoms in total. The Bertz CT molecular complexity index is 703. The summed E-state index contributed by atoms with van der Waals surface area (Å²) in [6, 6.07) is 12.5. The van der Waals surface area contributed by atoms with Crippen LogP contribution in [0.4, 0.5) is 0 Å². The second-order valence-electron chi connectivity index (χ2n) is 5.25. The molecule has 0 N–H and O–H groups in total. The van der Waals surface area contributed by atoms with Gasteiger partial charge in [0.1, 0.15) is 11.6 Å². The maximum atomic E-state index is 5.52.